The number of para-hydroxylation sites is 1. The van der Waals surface area contributed by atoms with Gasteiger partial charge in [-0.25, -0.2) is 0 Å². The van der Waals surface area contributed by atoms with Crippen molar-refractivity contribution in [2.24, 2.45) is 0 Å². The lowest BCUT2D eigenvalue weighted by atomic mass is 9.90. The minimum atomic E-state index is 1.01. The Morgan fingerprint density at radius 2 is 1.10 bits per heavy atom. The molecule has 0 spiro atoms. The molecule has 0 N–H and O–H groups in total. The fourth-order valence-electron chi connectivity index (χ4n) is 11.2. The number of rotatable bonds is 5. The highest BCUT2D eigenvalue weighted by Crippen LogP contribution is 2.49. The maximum atomic E-state index is 2.60. The first-order valence-corrected chi connectivity index (χ1v) is 26.5. The minimum Gasteiger partial charge on any atom is -0.309 e. The number of hydrogen-bond donors (Lipinski definition) is 0. The maximum Gasteiger partial charge on any atom is 0.0616 e. The summed E-state index contributed by atoms with van der Waals surface area (Å²) < 4.78 is 12.4. The topological polar surface area (TPSA) is 4.93 Å². The normalized spacial score (nSPS) is 14.1. The molecule has 13 aromatic rings. The third kappa shape index (κ3) is 5.88. The van der Waals surface area contributed by atoms with E-state index >= 15 is 0 Å². The first-order chi connectivity index (χ1) is 33.2. The Balaban J connectivity index is 0.981. The van der Waals surface area contributed by atoms with E-state index in [9.17, 15) is 0 Å². The lowest BCUT2D eigenvalue weighted by molar-refractivity contribution is 1.02. The second kappa shape index (κ2) is 14.8. The average molecular weight is 926 g/mol. The van der Waals surface area contributed by atoms with Gasteiger partial charge in [-0.2, -0.15) is 0 Å². The van der Waals surface area contributed by atoms with Crippen molar-refractivity contribution in [3.05, 3.63) is 204 Å². The molecule has 0 saturated carbocycles. The fraction of sp³-hybridized carbons (Fsp3) is 0.0645. The number of allylic oxidation sites excluding steroid dienone is 5. The second-order valence-corrected chi connectivity index (χ2v) is 22.4. The van der Waals surface area contributed by atoms with Gasteiger partial charge >= 0.3 is 0 Å². The van der Waals surface area contributed by atoms with Gasteiger partial charge in [-0.05, 0) is 136 Å². The van der Waals surface area contributed by atoms with E-state index in [-0.39, 0.29) is 0 Å². The van der Waals surface area contributed by atoms with Crippen LogP contribution in [0.25, 0.3) is 127 Å². The first-order valence-electron chi connectivity index (χ1n) is 23.2. The van der Waals surface area contributed by atoms with Crippen molar-refractivity contribution < 1.29 is 0 Å². The van der Waals surface area contributed by atoms with Crippen molar-refractivity contribution in [1.82, 2.24) is 4.57 Å². The molecular weight excluding hydrogens is 887 g/mol. The van der Waals surface area contributed by atoms with Crippen molar-refractivity contribution in [2.45, 2.75) is 25.7 Å². The number of hydrogen-bond acceptors (Lipinski definition) is 4. The molecule has 2 aliphatic carbocycles. The molecule has 1 nitrogen and oxygen atoms in total. The third-order valence-electron chi connectivity index (χ3n) is 14.4. The fourth-order valence-corrected chi connectivity index (χ4v) is 16.7. The SMILES string of the molecule is C1=CCCC(c2cccc3c4cc(-c5cccc6ccccc56)ccc4n(-c4cc(C5=Cc6sc7c(sc8ccccc87)c6CC5)cc(-c5ccc6c(c5)sc5c7ccccc7sc65)c4)c23)=C1. The monoisotopic (exact) mass is 925 g/mol. The van der Waals surface area contributed by atoms with Crippen molar-refractivity contribution >= 4 is 144 Å². The Kier molecular flexibility index (Phi) is 8.46. The zero-order valence-electron chi connectivity index (χ0n) is 36.3. The molecular formula is C62H39NS4. The Bertz CT molecular complexity index is 4340. The highest BCUT2D eigenvalue weighted by Gasteiger charge is 2.24. The number of thiophene rings is 4. The van der Waals surface area contributed by atoms with Crippen LogP contribution in [-0.4, -0.2) is 4.57 Å². The van der Waals surface area contributed by atoms with E-state index in [1.807, 2.05) is 45.3 Å². The molecule has 5 heterocycles. The minimum absolute atomic E-state index is 1.01. The van der Waals surface area contributed by atoms with Gasteiger partial charge in [-0.15, -0.1) is 45.3 Å². The quantitative estimate of drug-likeness (QED) is 0.162. The van der Waals surface area contributed by atoms with Crippen LogP contribution in [0, 0.1) is 0 Å². The Labute approximate surface area is 403 Å². The number of nitrogens with zero attached hydrogens (tertiary/aromatic N) is 1. The van der Waals surface area contributed by atoms with Gasteiger partial charge < -0.3 is 4.57 Å². The molecule has 0 atom stereocenters. The Morgan fingerprint density at radius 3 is 1.96 bits per heavy atom. The summed E-state index contributed by atoms with van der Waals surface area (Å²) >= 11 is 7.82. The van der Waals surface area contributed by atoms with E-state index in [1.54, 1.807) is 0 Å². The lowest BCUT2D eigenvalue weighted by Gasteiger charge is -2.19. The van der Waals surface area contributed by atoms with Gasteiger partial charge in [0.05, 0.1) is 29.8 Å². The summed E-state index contributed by atoms with van der Waals surface area (Å²) in [6.07, 6.45) is 13.6. The van der Waals surface area contributed by atoms with Crippen LogP contribution < -0.4 is 0 Å². The highest BCUT2D eigenvalue weighted by molar-refractivity contribution is 7.36. The van der Waals surface area contributed by atoms with Gasteiger partial charge in [0.25, 0.3) is 0 Å². The van der Waals surface area contributed by atoms with Gasteiger partial charge in [-0.3, -0.25) is 0 Å². The van der Waals surface area contributed by atoms with Gasteiger partial charge in [0.15, 0.2) is 0 Å². The zero-order valence-corrected chi connectivity index (χ0v) is 39.6. The van der Waals surface area contributed by atoms with Gasteiger partial charge in [0.1, 0.15) is 0 Å². The van der Waals surface area contributed by atoms with Crippen LogP contribution in [0.4, 0.5) is 0 Å². The van der Waals surface area contributed by atoms with Crippen LogP contribution in [-0.2, 0) is 6.42 Å². The third-order valence-corrected chi connectivity index (χ3v) is 19.5. The number of benzene rings is 8. The molecule has 8 aromatic carbocycles. The number of aromatic nitrogens is 1. The first kappa shape index (κ1) is 38.3. The summed E-state index contributed by atoms with van der Waals surface area (Å²) in [4.78, 5) is 1.42. The van der Waals surface area contributed by atoms with Crippen molar-refractivity contribution in [3.8, 4) is 27.9 Å². The van der Waals surface area contributed by atoms with E-state index in [0.717, 1.165) is 25.7 Å². The van der Waals surface area contributed by atoms with Crippen molar-refractivity contribution in [3.63, 3.8) is 0 Å². The Morgan fingerprint density at radius 1 is 0.418 bits per heavy atom. The van der Waals surface area contributed by atoms with Crippen LogP contribution >= 0.6 is 45.3 Å². The maximum absolute atomic E-state index is 2.60. The molecule has 5 aromatic heterocycles. The molecule has 0 unspecified atom stereocenters. The molecule has 0 aliphatic heterocycles. The molecule has 0 bridgehead atoms. The highest BCUT2D eigenvalue weighted by atomic mass is 32.1. The standard InChI is InChI=1S/C62H39NS4/c1-2-12-37(13-3-1)46-20-11-21-47-52-33-40(45-19-10-15-36-14-4-5-16-44(36)45)26-29-53(52)63(58(46)47)43-31-41(38-24-27-50-56(34-38)66-59-48-17-6-8-22-54(48)64-61(50)59)30-42(32-43)39-25-28-51-57(35-39)67-60-49-18-7-9-23-55(49)65-62(51)60/h1-2,4-12,14-24,26-27,29-35H,3,13,25,28H2. The summed E-state index contributed by atoms with van der Waals surface area (Å²) in [5.74, 6) is 0. The van der Waals surface area contributed by atoms with Gasteiger partial charge in [0.2, 0.25) is 0 Å². The van der Waals surface area contributed by atoms with Crippen LogP contribution in [0.15, 0.2) is 182 Å². The van der Waals surface area contributed by atoms with Crippen molar-refractivity contribution in [2.75, 3.05) is 0 Å². The molecule has 0 saturated heterocycles. The van der Waals surface area contributed by atoms with Crippen LogP contribution in [0.2, 0.25) is 0 Å². The predicted molar refractivity (Wildman–Crippen MR) is 297 cm³/mol. The van der Waals surface area contributed by atoms with E-state index in [2.05, 4.69) is 193 Å². The molecule has 316 valence electrons. The number of aryl methyl sites for hydroxylation is 1. The zero-order chi connectivity index (χ0) is 43.7. The Hall–Kier alpha value is -6.86. The molecule has 15 rings (SSSR count). The summed E-state index contributed by atoms with van der Waals surface area (Å²) in [6, 6.07) is 62.2. The lowest BCUT2D eigenvalue weighted by Crippen LogP contribution is -2.01. The largest absolute Gasteiger partial charge is 0.309 e. The summed E-state index contributed by atoms with van der Waals surface area (Å²) in [5.41, 5.74) is 15.7. The average Bonchev–Trinajstić information content (AvgIpc) is 4.20. The van der Waals surface area contributed by atoms with Gasteiger partial charge in [-0.1, -0.05) is 133 Å². The molecule has 67 heavy (non-hydrogen) atoms. The summed E-state index contributed by atoms with van der Waals surface area (Å²) in [6.45, 7) is 0. The molecule has 5 heteroatoms. The second-order valence-electron chi connectivity index (χ2n) is 18.2. The molecule has 2 aliphatic rings. The predicted octanol–water partition coefficient (Wildman–Crippen LogP) is 19.5. The van der Waals surface area contributed by atoms with Crippen LogP contribution in [0.1, 0.15) is 40.8 Å². The van der Waals surface area contributed by atoms with E-state index in [1.165, 1.54) is 142 Å². The van der Waals surface area contributed by atoms with E-state index < -0.39 is 0 Å². The molecule has 0 fully saturated rings. The smallest absolute Gasteiger partial charge is 0.0616 e. The van der Waals surface area contributed by atoms with Crippen LogP contribution in [0.5, 0.6) is 0 Å². The van der Waals surface area contributed by atoms with Crippen molar-refractivity contribution in [1.29, 1.82) is 0 Å². The number of fused-ring (bicyclic) bond motifs is 14. The summed E-state index contributed by atoms with van der Waals surface area (Å²) in [5, 5.41) is 9.24. The van der Waals surface area contributed by atoms with Gasteiger partial charge in [0, 0.05) is 57.2 Å². The van der Waals surface area contributed by atoms with Crippen LogP contribution in [0.3, 0.4) is 0 Å². The van der Waals surface area contributed by atoms with E-state index in [4.69, 9.17) is 0 Å². The van der Waals surface area contributed by atoms with E-state index in [0.29, 0.717) is 0 Å². The molecule has 0 amide bonds. The summed E-state index contributed by atoms with van der Waals surface area (Å²) in [7, 11) is 0. The molecule has 0 radical (unpaired) electrons.